The van der Waals surface area contributed by atoms with Crippen molar-refractivity contribution >= 4 is 11.7 Å². The zero-order valence-electron chi connectivity index (χ0n) is 9.68. The Labute approximate surface area is 90.4 Å². The highest BCUT2D eigenvalue weighted by molar-refractivity contribution is 5.99. The number of hydrogen-bond acceptors (Lipinski definition) is 3. The minimum absolute atomic E-state index is 0.0363. The normalized spacial score (nSPS) is 11.2. The van der Waals surface area contributed by atoms with E-state index in [1.54, 1.807) is 0 Å². The molecule has 0 unspecified atom stereocenters. The van der Waals surface area contributed by atoms with Crippen molar-refractivity contribution in [2.75, 3.05) is 5.32 Å². The topological polar surface area (TPSA) is 74.8 Å². The summed E-state index contributed by atoms with van der Waals surface area (Å²) in [6.45, 7) is 8.04. The third kappa shape index (κ3) is 3.23. The summed E-state index contributed by atoms with van der Waals surface area (Å²) in [6, 6.07) is 3.67. The van der Waals surface area contributed by atoms with Crippen molar-refractivity contribution in [2.45, 2.75) is 33.2 Å². The lowest BCUT2D eigenvalue weighted by Crippen LogP contribution is -2.29. The van der Waals surface area contributed by atoms with E-state index < -0.39 is 0 Å². The van der Waals surface area contributed by atoms with Gasteiger partial charge in [-0.05, 0) is 39.8 Å². The molecule has 0 saturated carbocycles. The summed E-state index contributed by atoms with van der Waals surface area (Å²) in [5.41, 5.74) is 6.95. The zero-order chi connectivity index (χ0) is 11.6. The predicted molar refractivity (Wildman–Crippen MR) is 63.4 cm³/mol. The van der Waals surface area contributed by atoms with Crippen LogP contribution >= 0.6 is 0 Å². The third-order valence-corrected chi connectivity index (χ3v) is 1.82. The van der Waals surface area contributed by atoms with Crippen LogP contribution in [0.15, 0.2) is 12.1 Å². The van der Waals surface area contributed by atoms with Crippen LogP contribution in [-0.4, -0.2) is 16.4 Å². The number of rotatable bonds is 2. The van der Waals surface area contributed by atoms with Gasteiger partial charge in [0.25, 0.3) is 0 Å². The van der Waals surface area contributed by atoms with E-state index in [0.717, 1.165) is 5.69 Å². The molecule has 0 amide bonds. The van der Waals surface area contributed by atoms with Gasteiger partial charge in [0, 0.05) is 11.2 Å². The third-order valence-electron chi connectivity index (χ3n) is 1.82. The first-order chi connectivity index (χ1) is 6.79. The van der Waals surface area contributed by atoms with Gasteiger partial charge >= 0.3 is 0 Å². The van der Waals surface area contributed by atoms with Gasteiger partial charge < -0.3 is 11.1 Å². The van der Waals surface area contributed by atoms with Gasteiger partial charge in [-0.3, -0.25) is 5.41 Å². The number of anilines is 1. The Morgan fingerprint density at radius 2 is 2.00 bits per heavy atom. The molecule has 4 N–H and O–H groups in total. The van der Waals surface area contributed by atoms with Crippen molar-refractivity contribution in [3.05, 3.63) is 23.4 Å². The SMILES string of the molecule is Cc1ccc(C(=N)N)c(NC(C)(C)C)n1. The fourth-order valence-electron chi connectivity index (χ4n) is 1.22. The maximum absolute atomic E-state index is 7.45. The number of pyridine rings is 1. The number of nitrogens with two attached hydrogens (primary N) is 1. The molecule has 82 valence electrons. The summed E-state index contributed by atoms with van der Waals surface area (Å²) in [4.78, 5) is 4.35. The lowest BCUT2D eigenvalue weighted by Gasteiger charge is -2.23. The van der Waals surface area contributed by atoms with Crippen LogP contribution < -0.4 is 11.1 Å². The quantitative estimate of drug-likeness (QED) is 0.511. The van der Waals surface area contributed by atoms with Crippen LogP contribution in [-0.2, 0) is 0 Å². The number of nitrogens with one attached hydrogen (secondary N) is 2. The van der Waals surface area contributed by atoms with Crippen molar-refractivity contribution in [3.8, 4) is 0 Å². The summed E-state index contributed by atoms with van der Waals surface area (Å²) in [6.07, 6.45) is 0. The van der Waals surface area contributed by atoms with Crippen LogP contribution in [0.5, 0.6) is 0 Å². The van der Waals surface area contributed by atoms with Gasteiger partial charge in [-0.2, -0.15) is 0 Å². The van der Waals surface area contributed by atoms with E-state index in [1.807, 2.05) is 39.8 Å². The number of aromatic nitrogens is 1. The fraction of sp³-hybridized carbons (Fsp3) is 0.455. The first-order valence-corrected chi connectivity index (χ1v) is 4.90. The molecule has 4 heteroatoms. The maximum Gasteiger partial charge on any atom is 0.137 e. The molecule has 0 bridgehead atoms. The minimum atomic E-state index is -0.0923. The number of aryl methyl sites for hydroxylation is 1. The van der Waals surface area contributed by atoms with Crippen molar-refractivity contribution in [1.29, 1.82) is 5.41 Å². The minimum Gasteiger partial charge on any atom is -0.384 e. The Morgan fingerprint density at radius 1 is 1.40 bits per heavy atom. The smallest absolute Gasteiger partial charge is 0.137 e. The monoisotopic (exact) mass is 206 g/mol. The summed E-state index contributed by atoms with van der Waals surface area (Å²) < 4.78 is 0. The van der Waals surface area contributed by atoms with E-state index in [-0.39, 0.29) is 11.4 Å². The van der Waals surface area contributed by atoms with E-state index >= 15 is 0 Å². The van der Waals surface area contributed by atoms with Crippen LogP contribution in [0.4, 0.5) is 5.82 Å². The standard InChI is InChI=1S/C11H18N4/c1-7-5-6-8(9(12)13)10(14-7)15-11(2,3)4/h5-6H,1-4H3,(H3,12,13)(H,14,15). The first-order valence-electron chi connectivity index (χ1n) is 4.90. The number of nitrogens with zero attached hydrogens (tertiary/aromatic N) is 1. The second-order valence-corrected chi connectivity index (χ2v) is 4.64. The molecule has 0 aliphatic rings. The second kappa shape index (κ2) is 3.88. The Morgan fingerprint density at radius 3 is 2.47 bits per heavy atom. The molecule has 0 spiro atoms. The molecular formula is C11H18N4. The molecule has 1 aromatic rings. The molecule has 0 saturated heterocycles. The number of amidine groups is 1. The lowest BCUT2D eigenvalue weighted by molar-refractivity contribution is 0.630. The molecule has 0 aromatic carbocycles. The zero-order valence-corrected chi connectivity index (χ0v) is 9.68. The second-order valence-electron chi connectivity index (χ2n) is 4.64. The molecule has 0 aliphatic carbocycles. The Kier molecular flexibility index (Phi) is 2.98. The highest BCUT2D eigenvalue weighted by atomic mass is 15.0. The largest absolute Gasteiger partial charge is 0.384 e. The van der Waals surface area contributed by atoms with E-state index in [4.69, 9.17) is 11.1 Å². The average molecular weight is 206 g/mol. The van der Waals surface area contributed by atoms with Gasteiger partial charge in [-0.25, -0.2) is 4.98 Å². The van der Waals surface area contributed by atoms with Crippen LogP contribution in [0.3, 0.4) is 0 Å². The predicted octanol–water partition coefficient (Wildman–Crippen LogP) is 1.88. The molecule has 4 nitrogen and oxygen atoms in total. The molecule has 0 atom stereocenters. The van der Waals surface area contributed by atoms with E-state index in [1.165, 1.54) is 0 Å². The van der Waals surface area contributed by atoms with Crippen LogP contribution in [0.25, 0.3) is 0 Å². The van der Waals surface area contributed by atoms with Gasteiger partial charge in [-0.15, -0.1) is 0 Å². The van der Waals surface area contributed by atoms with Crippen molar-refractivity contribution in [3.63, 3.8) is 0 Å². The van der Waals surface area contributed by atoms with Crippen molar-refractivity contribution < 1.29 is 0 Å². The Bertz CT molecular complexity index is 377. The molecule has 1 rings (SSSR count). The van der Waals surface area contributed by atoms with Crippen LogP contribution in [0.1, 0.15) is 32.0 Å². The molecule has 0 fully saturated rings. The summed E-state index contributed by atoms with van der Waals surface area (Å²) in [5.74, 6) is 0.712. The molecule has 1 aromatic heterocycles. The molecule has 0 aliphatic heterocycles. The summed E-state index contributed by atoms with van der Waals surface area (Å²) >= 11 is 0. The molecule has 0 radical (unpaired) electrons. The van der Waals surface area contributed by atoms with Gasteiger partial charge in [0.1, 0.15) is 11.7 Å². The van der Waals surface area contributed by atoms with E-state index in [9.17, 15) is 0 Å². The van der Waals surface area contributed by atoms with Crippen molar-refractivity contribution in [1.82, 2.24) is 4.98 Å². The highest BCUT2D eigenvalue weighted by Gasteiger charge is 2.14. The number of hydrogen-bond donors (Lipinski definition) is 3. The van der Waals surface area contributed by atoms with E-state index in [0.29, 0.717) is 11.4 Å². The molecule has 15 heavy (non-hydrogen) atoms. The van der Waals surface area contributed by atoms with Gasteiger partial charge in [0.05, 0.1) is 5.56 Å². The van der Waals surface area contributed by atoms with Gasteiger partial charge in [0.15, 0.2) is 0 Å². The van der Waals surface area contributed by atoms with Crippen molar-refractivity contribution in [2.24, 2.45) is 5.73 Å². The first kappa shape index (κ1) is 11.5. The lowest BCUT2D eigenvalue weighted by atomic mass is 10.1. The van der Waals surface area contributed by atoms with Gasteiger partial charge in [-0.1, -0.05) is 0 Å². The van der Waals surface area contributed by atoms with Gasteiger partial charge in [0.2, 0.25) is 0 Å². The Balaban J connectivity index is 3.13. The van der Waals surface area contributed by atoms with Crippen LogP contribution in [0, 0.1) is 12.3 Å². The van der Waals surface area contributed by atoms with Crippen LogP contribution in [0.2, 0.25) is 0 Å². The summed E-state index contributed by atoms with van der Waals surface area (Å²) in [5, 5.41) is 10.7. The molecular weight excluding hydrogens is 188 g/mol. The fourth-order valence-corrected chi connectivity index (χ4v) is 1.22. The maximum atomic E-state index is 7.45. The molecule has 1 heterocycles. The number of nitrogen functional groups attached to an aromatic ring is 1. The summed E-state index contributed by atoms with van der Waals surface area (Å²) in [7, 11) is 0. The Hall–Kier alpha value is -1.58. The van der Waals surface area contributed by atoms with E-state index in [2.05, 4.69) is 10.3 Å². The highest BCUT2D eigenvalue weighted by Crippen LogP contribution is 2.17. The average Bonchev–Trinajstić information content (AvgIpc) is 1.99.